The first-order valence-corrected chi connectivity index (χ1v) is 16.0. The first kappa shape index (κ1) is 33.8. The largest absolute Gasteiger partial charge is 0.444 e. The second-order valence-corrected chi connectivity index (χ2v) is 13.4. The Morgan fingerprint density at radius 1 is 1.05 bits per heavy atom. The van der Waals surface area contributed by atoms with E-state index >= 15 is 0 Å². The van der Waals surface area contributed by atoms with Crippen molar-refractivity contribution in [2.75, 3.05) is 60.2 Å². The van der Waals surface area contributed by atoms with Crippen molar-refractivity contribution in [3.63, 3.8) is 0 Å². The SMILES string of the molecule is CCCOCC1(COCCC)CCC(c2nn(C3CCCCO3)cc2CN(C)CCN(C)C(=O)OC(C)(C)C)CC1. The molecule has 2 aliphatic rings. The van der Waals surface area contributed by atoms with Crippen LogP contribution in [0.5, 0.6) is 0 Å². The Hall–Kier alpha value is -1.68. The molecule has 3 rings (SSSR count). The van der Waals surface area contributed by atoms with Gasteiger partial charge in [0.15, 0.2) is 0 Å². The molecule has 41 heavy (non-hydrogen) atoms. The van der Waals surface area contributed by atoms with Gasteiger partial charge in [-0.3, -0.25) is 0 Å². The molecule has 1 atom stereocenters. The molecule has 1 aromatic rings. The lowest BCUT2D eigenvalue weighted by Crippen LogP contribution is -2.38. The highest BCUT2D eigenvalue weighted by Crippen LogP contribution is 2.44. The molecule has 9 nitrogen and oxygen atoms in total. The maximum absolute atomic E-state index is 12.4. The van der Waals surface area contributed by atoms with E-state index in [4.69, 9.17) is 24.0 Å². The van der Waals surface area contributed by atoms with Crippen molar-refractivity contribution >= 4 is 6.09 Å². The molecule has 1 saturated heterocycles. The Morgan fingerprint density at radius 2 is 1.71 bits per heavy atom. The maximum atomic E-state index is 12.4. The van der Waals surface area contributed by atoms with Crippen molar-refractivity contribution in [3.05, 3.63) is 17.5 Å². The molecule has 0 aromatic carbocycles. The topological polar surface area (TPSA) is 78.3 Å². The Labute approximate surface area is 249 Å². The molecule has 0 spiro atoms. The molecule has 1 unspecified atom stereocenters. The molecule has 1 aliphatic heterocycles. The van der Waals surface area contributed by atoms with E-state index in [1.807, 2.05) is 20.8 Å². The molecular formula is C32H58N4O5. The van der Waals surface area contributed by atoms with Gasteiger partial charge in [-0.25, -0.2) is 9.48 Å². The Morgan fingerprint density at radius 3 is 2.27 bits per heavy atom. The summed E-state index contributed by atoms with van der Waals surface area (Å²) in [6.07, 6.45) is 11.7. The first-order chi connectivity index (χ1) is 19.6. The molecule has 1 amide bonds. The number of hydrogen-bond donors (Lipinski definition) is 0. The number of likely N-dealkylation sites (N-methyl/N-ethyl adjacent to an activating group) is 2. The fraction of sp³-hybridized carbons (Fsp3) is 0.875. The summed E-state index contributed by atoms with van der Waals surface area (Å²) in [5.74, 6) is 0.415. The van der Waals surface area contributed by atoms with Gasteiger partial charge in [0.25, 0.3) is 0 Å². The smallest absolute Gasteiger partial charge is 0.410 e. The van der Waals surface area contributed by atoms with E-state index in [1.54, 1.807) is 11.9 Å². The molecular weight excluding hydrogens is 520 g/mol. The Balaban J connectivity index is 1.69. The van der Waals surface area contributed by atoms with E-state index in [-0.39, 0.29) is 17.7 Å². The van der Waals surface area contributed by atoms with Crippen molar-refractivity contribution in [1.29, 1.82) is 0 Å². The average molecular weight is 579 g/mol. The van der Waals surface area contributed by atoms with Gasteiger partial charge in [-0.15, -0.1) is 0 Å². The summed E-state index contributed by atoms with van der Waals surface area (Å²) in [7, 11) is 3.91. The number of ether oxygens (including phenoxy) is 4. The van der Waals surface area contributed by atoms with Gasteiger partial charge in [-0.2, -0.15) is 5.10 Å². The van der Waals surface area contributed by atoms with Crippen molar-refractivity contribution < 1.29 is 23.7 Å². The normalized spacial score (nSPS) is 20.0. The molecule has 9 heteroatoms. The van der Waals surface area contributed by atoms with Gasteiger partial charge in [-0.1, -0.05) is 13.8 Å². The highest BCUT2D eigenvalue weighted by atomic mass is 16.6. The van der Waals surface area contributed by atoms with E-state index in [0.717, 1.165) is 97.5 Å². The Bertz CT molecular complexity index is 888. The van der Waals surface area contributed by atoms with Crippen LogP contribution in [0.1, 0.15) is 116 Å². The van der Waals surface area contributed by atoms with Crippen LogP contribution < -0.4 is 0 Å². The van der Waals surface area contributed by atoms with Crippen molar-refractivity contribution in [1.82, 2.24) is 19.6 Å². The van der Waals surface area contributed by atoms with Gasteiger partial charge in [0.2, 0.25) is 0 Å². The predicted molar refractivity (Wildman–Crippen MR) is 162 cm³/mol. The van der Waals surface area contributed by atoms with Gasteiger partial charge < -0.3 is 28.7 Å². The number of aromatic nitrogens is 2. The number of carbonyl (C=O) groups is 1. The van der Waals surface area contributed by atoms with Crippen LogP contribution in [0.4, 0.5) is 4.79 Å². The monoisotopic (exact) mass is 578 g/mol. The van der Waals surface area contributed by atoms with E-state index in [9.17, 15) is 4.79 Å². The molecule has 1 aromatic heterocycles. The highest BCUT2D eigenvalue weighted by Gasteiger charge is 2.38. The van der Waals surface area contributed by atoms with Crippen LogP contribution in [0.3, 0.4) is 0 Å². The van der Waals surface area contributed by atoms with Gasteiger partial charge in [0.05, 0.1) is 18.9 Å². The summed E-state index contributed by atoms with van der Waals surface area (Å²) in [5, 5.41) is 5.19. The van der Waals surface area contributed by atoms with Gasteiger partial charge in [0.1, 0.15) is 11.8 Å². The molecule has 2 fully saturated rings. The molecule has 0 radical (unpaired) electrons. The molecule has 0 bridgehead atoms. The van der Waals surface area contributed by atoms with Crippen LogP contribution in [0, 0.1) is 5.41 Å². The van der Waals surface area contributed by atoms with E-state index in [1.165, 1.54) is 17.7 Å². The zero-order valence-corrected chi connectivity index (χ0v) is 27.1. The van der Waals surface area contributed by atoms with Crippen molar-refractivity contribution in [3.8, 4) is 0 Å². The minimum atomic E-state index is -0.496. The van der Waals surface area contributed by atoms with Crippen LogP contribution in [-0.2, 0) is 25.5 Å². The number of hydrogen-bond acceptors (Lipinski definition) is 7. The van der Waals surface area contributed by atoms with E-state index in [2.05, 4.69) is 36.7 Å². The summed E-state index contributed by atoms with van der Waals surface area (Å²) in [5.41, 5.74) is 2.08. The first-order valence-electron chi connectivity index (χ1n) is 16.0. The van der Waals surface area contributed by atoms with Crippen LogP contribution in [0.2, 0.25) is 0 Å². The van der Waals surface area contributed by atoms with Gasteiger partial charge >= 0.3 is 6.09 Å². The maximum Gasteiger partial charge on any atom is 0.410 e. The summed E-state index contributed by atoms with van der Waals surface area (Å²) < 4.78 is 25.9. The zero-order valence-electron chi connectivity index (χ0n) is 27.1. The Kier molecular flexibility index (Phi) is 13.4. The summed E-state index contributed by atoms with van der Waals surface area (Å²) in [6, 6.07) is 0. The number of nitrogens with zero attached hydrogens (tertiary/aromatic N) is 4. The lowest BCUT2D eigenvalue weighted by atomic mass is 9.70. The molecule has 236 valence electrons. The lowest BCUT2D eigenvalue weighted by molar-refractivity contribution is -0.0456. The molecule has 0 N–H and O–H groups in total. The minimum absolute atomic E-state index is 0.0208. The highest BCUT2D eigenvalue weighted by molar-refractivity contribution is 5.67. The average Bonchev–Trinajstić information content (AvgIpc) is 3.35. The predicted octanol–water partition coefficient (Wildman–Crippen LogP) is 6.38. The van der Waals surface area contributed by atoms with Crippen LogP contribution in [-0.4, -0.2) is 91.5 Å². The van der Waals surface area contributed by atoms with Crippen molar-refractivity contribution in [2.45, 2.75) is 117 Å². The second-order valence-electron chi connectivity index (χ2n) is 13.4. The van der Waals surface area contributed by atoms with Crippen LogP contribution in [0.15, 0.2) is 6.20 Å². The van der Waals surface area contributed by atoms with Crippen LogP contribution in [0.25, 0.3) is 0 Å². The summed E-state index contributed by atoms with van der Waals surface area (Å²) in [4.78, 5) is 16.4. The zero-order chi connectivity index (χ0) is 29.9. The third-order valence-corrected chi connectivity index (χ3v) is 8.20. The fourth-order valence-corrected chi connectivity index (χ4v) is 5.81. The fourth-order valence-electron chi connectivity index (χ4n) is 5.81. The third kappa shape index (κ3) is 10.8. The quantitative estimate of drug-likeness (QED) is 0.224. The van der Waals surface area contributed by atoms with Crippen molar-refractivity contribution in [2.24, 2.45) is 5.41 Å². The van der Waals surface area contributed by atoms with Crippen LogP contribution >= 0.6 is 0 Å². The number of carbonyl (C=O) groups excluding carboxylic acids is 1. The molecule has 1 aliphatic carbocycles. The lowest BCUT2D eigenvalue weighted by Gasteiger charge is -2.39. The van der Waals surface area contributed by atoms with E-state index in [0.29, 0.717) is 12.5 Å². The van der Waals surface area contributed by atoms with Gasteiger partial charge in [0, 0.05) is 69.6 Å². The van der Waals surface area contributed by atoms with Gasteiger partial charge in [-0.05, 0) is 85.6 Å². The standard InChI is InChI=1S/C32H58N4O5/c1-8-19-38-24-32(25-39-20-9-2)15-13-26(14-16-32)29-27(23-36(33-29)28-12-10-11-21-40-28)22-34(6)17-18-35(7)30(37)41-31(3,4)5/h23,26,28H,8-22,24-25H2,1-7H3. The second kappa shape index (κ2) is 16.2. The number of rotatable bonds is 15. The summed E-state index contributed by atoms with van der Waals surface area (Å²) >= 11 is 0. The molecule has 2 heterocycles. The minimum Gasteiger partial charge on any atom is -0.444 e. The number of amides is 1. The van der Waals surface area contributed by atoms with E-state index < -0.39 is 5.60 Å². The third-order valence-electron chi connectivity index (χ3n) is 8.20. The summed E-state index contributed by atoms with van der Waals surface area (Å²) in [6.45, 7) is 16.1. The molecule has 1 saturated carbocycles.